The van der Waals surface area contributed by atoms with Crippen LogP contribution in [0.3, 0.4) is 0 Å². The Balaban J connectivity index is 0.000000164. The summed E-state index contributed by atoms with van der Waals surface area (Å²) in [6.07, 6.45) is 6.83. The molecule has 0 bridgehead atoms. The fourth-order valence-electron chi connectivity index (χ4n) is 5.81. The van der Waals surface area contributed by atoms with Gasteiger partial charge < -0.3 is 29.8 Å². The summed E-state index contributed by atoms with van der Waals surface area (Å²) < 4.78 is 0. The van der Waals surface area contributed by atoms with Crippen LogP contribution in [0.5, 0.6) is 11.8 Å². The van der Waals surface area contributed by atoms with Crippen molar-refractivity contribution in [2.75, 3.05) is 19.6 Å². The van der Waals surface area contributed by atoms with Crippen LogP contribution in [0.15, 0.2) is 170 Å². The molecule has 0 saturated heterocycles. The molecule has 4 aromatic heterocycles. The molecule has 8 aromatic rings. The van der Waals surface area contributed by atoms with Crippen LogP contribution in [0.2, 0.25) is 0 Å². The third-order valence-electron chi connectivity index (χ3n) is 8.42. The van der Waals surface area contributed by atoms with Crippen LogP contribution in [0.1, 0.15) is 11.4 Å². The fraction of sp³-hybridized carbons (Fsp3) is 0.0435. The zero-order valence-electron chi connectivity index (χ0n) is 32.3. The first kappa shape index (κ1) is 44.6. The fourth-order valence-corrected chi connectivity index (χ4v) is 5.81. The van der Waals surface area contributed by atoms with Crippen LogP contribution in [0.25, 0.3) is 0 Å². The van der Waals surface area contributed by atoms with Gasteiger partial charge >= 0.3 is 42.1 Å². The van der Waals surface area contributed by atoms with Crippen molar-refractivity contribution in [1.29, 1.82) is 0 Å². The van der Waals surface area contributed by atoms with E-state index in [4.69, 9.17) is 10.2 Å². The van der Waals surface area contributed by atoms with Gasteiger partial charge in [-0.05, 0) is 50.2 Å². The Morgan fingerprint density at radius 2 is 0.767 bits per heavy atom. The molecule has 6 heterocycles. The number of hydrogen-bond acceptors (Lipinski definition) is 12. The minimum absolute atomic E-state index is 0. The minimum Gasteiger partial charge on any atom is -0.493 e. The molecule has 14 heteroatoms. The SMILES string of the molecule is Cc1cccc(O)n1.Cc1cccc(O)n1.[Pt+2].[Pt+2].[c-]1ccccc1N1[CH-]N(c2ccccc2)c2nccnc21.[c-]1ccccc1N1[CH-]N(c2ccccc2)c2nccnc21. The van der Waals surface area contributed by atoms with Gasteiger partial charge in [-0.15, -0.1) is 24.7 Å². The molecular formula is C46H38N10O2Pt2. The van der Waals surface area contributed by atoms with E-state index in [1.54, 1.807) is 49.1 Å². The average Bonchev–Trinajstić information content (AvgIpc) is 3.86. The maximum atomic E-state index is 8.70. The molecular weight excluding hydrogens is 1110 g/mol. The normalized spacial score (nSPS) is 11.8. The van der Waals surface area contributed by atoms with Gasteiger partial charge in [0.15, 0.2) is 0 Å². The summed E-state index contributed by atoms with van der Waals surface area (Å²) in [7, 11) is 0. The number of aromatic hydroxyl groups is 2. The molecule has 0 saturated carbocycles. The van der Waals surface area contributed by atoms with E-state index in [0.717, 1.165) is 57.4 Å². The van der Waals surface area contributed by atoms with Crippen LogP contribution >= 0.6 is 0 Å². The second-order valence-electron chi connectivity index (χ2n) is 12.6. The molecule has 0 radical (unpaired) electrons. The van der Waals surface area contributed by atoms with Gasteiger partial charge in [-0.25, -0.2) is 29.9 Å². The molecule has 304 valence electrons. The summed E-state index contributed by atoms with van der Waals surface area (Å²) in [5, 5.41) is 17.4. The third-order valence-corrected chi connectivity index (χ3v) is 8.42. The summed E-state index contributed by atoms with van der Waals surface area (Å²) >= 11 is 0. The van der Waals surface area contributed by atoms with Gasteiger partial charge in [0.1, 0.15) is 23.3 Å². The van der Waals surface area contributed by atoms with Crippen molar-refractivity contribution in [3.8, 4) is 11.8 Å². The molecule has 10 rings (SSSR count). The van der Waals surface area contributed by atoms with E-state index >= 15 is 0 Å². The number of anilines is 8. The van der Waals surface area contributed by atoms with Gasteiger partial charge in [-0.3, -0.25) is 0 Å². The van der Waals surface area contributed by atoms with Crippen molar-refractivity contribution in [3.05, 3.63) is 207 Å². The Labute approximate surface area is 378 Å². The predicted molar refractivity (Wildman–Crippen MR) is 226 cm³/mol. The standard InChI is InChI=1S/2C17H12N4.2C6H7NO.2Pt/c2*1-3-7-14(8-4-1)20-13-21(15-9-5-2-6-10-15)17-16(20)18-11-12-19-17;2*1-5-3-2-4-6(8)7-5;;/h2*1-9,11-13H;2*2-4H,1H3,(H,7,8);;/q2*-2;;;2*+2. The molecule has 0 aliphatic carbocycles. The number of rotatable bonds is 4. The maximum Gasteiger partial charge on any atom is 2.00 e. The topological polar surface area (TPSA) is 131 Å². The van der Waals surface area contributed by atoms with E-state index in [0.29, 0.717) is 0 Å². The van der Waals surface area contributed by atoms with E-state index in [1.807, 2.05) is 168 Å². The molecule has 0 unspecified atom stereocenters. The summed E-state index contributed by atoms with van der Waals surface area (Å²) in [6, 6.07) is 52.6. The molecule has 4 aromatic carbocycles. The van der Waals surface area contributed by atoms with Gasteiger partial charge in [-0.2, -0.15) is 60.7 Å². The second-order valence-corrected chi connectivity index (χ2v) is 12.6. The van der Waals surface area contributed by atoms with Crippen molar-refractivity contribution in [3.63, 3.8) is 0 Å². The number of aromatic nitrogens is 6. The maximum absolute atomic E-state index is 8.70. The average molecular weight is 1150 g/mol. The summed E-state index contributed by atoms with van der Waals surface area (Å²) in [6.45, 7) is 7.65. The third kappa shape index (κ3) is 11.4. The zero-order chi connectivity index (χ0) is 40.1. The molecule has 0 fully saturated rings. The summed E-state index contributed by atoms with van der Waals surface area (Å²) in [4.78, 5) is 33.4. The van der Waals surface area contributed by atoms with Crippen molar-refractivity contribution >= 4 is 46.0 Å². The Kier molecular flexibility index (Phi) is 16.4. The predicted octanol–water partition coefficient (Wildman–Crippen LogP) is 9.56. The molecule has 0 amide bonds. The number of hydrogen-bond donors (Lipinski definition) is 2. The molecule has 2 aliphatic rings. The number of pyridine rings is 2. The van der Waals surface area contributed by atoms with Crippen molar-refractivity contribution in [1.82, 2.24) is 29.9 Å². The number of para-hydroxylation sites is 4. The molecule has 2 N–H and O–H groups in total. The van der Waals surface area contributed by atoms with Gasteiger partial charge in [0.25, 0.3) is 0 Å². The van der Waals surface area contributed by atoms with Crippen LogP contribution < -0.4 is 19.6 Å². The molecule has 0 spiro atoms. The Hall–Kier alpha value is -6.48. The van der Waals surface area contributed by atoms with Gasteiger partial charge in [0.2, 0.25) is 11.8 Å². The minimum atomic E-state index is 0. The van der Waals surface area contributed by atoms with Crippen molar-refractivity contribution in [2.45, 2.75) is 13.8 Å². The summed E-state index contributed by atoms with van der Waals surface area (Å²) in [5.74, 6) is 3.43. The van der Waals surface area contributed by atoms with Gasteiger partial charge in [0.05, 0.1) is 0 Å². The zero-order valence-corrected chi connectivity index (χ0v) is 36.9. The second kappa shape index (κ2) is 22.0. The Morgan fingerprint density at radius 3 is 1.07 bits per heavy atom. The number of aryl methyl sites for hydroxylation is 2. The van der Waals surface area contributed by atoms with Crippen molar-refractivity contribution in [2.24, 2.45) is 0 Å². The quantitative estimate of drug-likeness (QED) is 0.163. The Bertz CT molecular complexity index is 2170. The molecule has 0 atom stereocenters. The molecule has 2 aliphatic heterocycles. The van der Waals surface area contributed by atoms with E-state index in [2.05, 4.69) is 42.0 Å². The van der Waals surface area contributed by atoms with Crippen LogP contribution in [0, 0.1) is 39.3 Å². The Morgan fingerprint density at radius 1 is 0.417 bits per heavy atom. The smallest absolute Gasteiger partial charge is 0.493 e. The number of benzene rings is 4. The first-order valence-electron chi connectivity index (χ1n) is 18.2. The van der Waals surface area contributed by atoms with E-state index in [9.17, 15) is 0 Å². The van der Waals surface area contributed by atoms with Crippen LogP contribution in [0.4, 0.5) is 46.0 Å². The van der Waals surface area contributed by atoms with Crippen LogP contribution in [-0.4, -0.2) is 40.1 Å². The van der Waals surface area contributed by atoms with E-state index in [1.165, 1.54) is 0 Å². The first-order valence-corrected chi connectivity index (χ1v) is 18.2. The molecule has 60 heavy (non-hydrogen) atoms. The van der Waals surface area contributed by atoms with Gasteiger partial charge in [-0.1, -0.05) is 48.5 Å². The molecule has 12 nitrogen and oxygen atoms in total. The van der Waals surface area contributed by atoms with E-state index in [-0.39, 0.29) is 53.9 Å². The number of fused-ring (bicyclic) bond motifs is 2. The van der Waals surface area contributed by atoms with E-state index < -0.39 is 0 Å². The first-order chi connectivity index (χ1) is 28.4. The van der Waals surface area contributed by atoms with Crippen LogP contribution in [-0.2, 0) is 42.1 Å². The monoisotopic (exact) mass is 1150 g/mol. The number of nitrogens with zero attached hydrogens (tertiary/aromatic N) is 10. The van der Waals surface area contributed by atoms with Crippen molar-refractivity contribution < 1.29 is 52.3 Å². The summed E-state index contributed by atoms with van der Waals surface area (Å²) in [5.41, 5.74) is 5.67. The largest absolute Gasteiger partial charge is 2.00 e. The van der Waals surface area contributed by atoms with Gasteiger partial charge in [0, 0.05) is 59.7 Å².